The third kappa shape index (κ3) is 11.7. The first kappa shape index (κ1) is 42.8. The van der Waals surface area contributed by atoms with Crippen molar-refractivity contribution in [2.24, 2.45) is 23.7 Å². The lowest BCUT2D eigenvalue weighted by atomic mass is 9.80. The number of benzene rings is 3. The maximum Gasteiger partial charge on any atom is 0.433 e. The number of aromatic nitrogens is 3. The lowest BCUT2D eigenvalue weighted by Gasteiger charge is -2.37. The maximum atomic E-state index is 13.2. The van der Waals surface area contributed by atoms with E-state index in [2.05, 4.69) is 32.4 Å². The van der Waals surface area contributed by atoms with Crippen molar-refractivity contribution >= 4 is 17.7 Å². The Morgan fingerprint density at radius 1 is 0.915 bits per heavy atom. The van der Waals surface area contributed by atoms with E-state index in [1.807, 2.05) is 73.7 Å². The lowest BCUT2D eigenvalue weighted by Crippen LogP contribution is -2.45. The van der Waals surface area contributed by atoms with Gasteiger partial charge in [0.2, 0.25) is 11.8 Å². The number of oxazole rings is 1. The number of ether oxygens (including phenoxy) is 2. The normalized spacial score (nSPS) is 19.3. The molecule has 4 heterocycles. The van der Waals surface area contributed by atoms with Crippen LogP contribution in [0.25, 0.3) is 11.5 Å². The Kier molecular flexibility index (Phi) is 14.4. The fourth-order valence-electron chi connectivity index (χ4n) is 7.87. The van der Waals surface area contributed by atoms with Crippen molar-refractivity contribution in [3.05, 3.63) is 119 Å². The van der Waals surface area contributed by atoms with Crippen LogP contribution in [-0.2, 0) is 35.0 Å². The molecule has 2 fully saturated rings. The van der Waals surface area contributed by atoms with Gasteiger partial charge in [-0.05, 0) is 118 Å². The number of ketones is 1. The topological polar surface area (TPSA) is 140 Å². The smallest absolute Gasteiger partial charge is 0.433 e. The van der Waals surface area contributed by atoms with Gasteiger partial charge in [-0.1, -0.05) is 42.5 Å². The third-order valence-electron chi connectivity index (χ3n) is 10.9. The molecule has 4 atom stereocenters. The highest BCUT2D eigenvalue weighted by molar-refractivity contribution is 5.78. The van der Waals surface area contributed by atoms with Crippen molar-refractivity contribution in [2.45, 2.75) is 52.1 Å². The van der Waals surface area contributed by atoms with Gasteiger partial charge in [-0.2, -0.15) is 13.2 Å². The van der Waals surface area contributed by atoms with Crippen LogP contribution in [0.15, 0.2) is 95.5 Å². The number of anilines is 1. The number of aliphatic carboxylic acids is 1. The summed E-state index contributed by atoms with van der Waals surface area (Å²) < 4.78 is 56.6. The molecule has 11 nitrogen and oxygen atoms in total. The number of nitrogens with one attached hydrogen (secondary N) is 1. The number of Topliss-reactive ketones (excluding diaryl/α,β-unsaturated/α-hetero) is 1. The second kappa shape index (κ2) is 19.8. The number of nitrogens with zero attached hydrogens (tertiary/aromatic N) is 4. The molecule has 2 aromatic heterocycles. The number of piperidine rings is 2. The molecule has 0 saturated carbocycles. The Hall–Kier alpha value is -5.76. The monoisotopic (exact) mass is 813 g/mol. The number of alkyl halides is 3. The molecule has 2 aliphatic rings. The molecule has 2 N–H and O–H groups in total. The Morgan fingerprint density at radius 3 is 2.32 bits per heavy atom. The molecule has 0 spiro atoms. The Bertz CT molecular complexity index is 2160. The zero-order chi connectivity index (χ0) is 41.9. The van der Waals surface area contributed by atoms with E-state index in [1.165, 1.54) is 5.56 Å². The van der Waals surface area contributed by atoms with Gasteiger partial charge >= 0.3 is 12.1 Å². The van der Waals surface area contributed by atoms with Crippen molar-refractivity contribution in [3.8, 4) is 23.0 Å². The first-order chi connectivity index (χ1) is 28.4. The van der Waals surface area contributed by atoms with E-state index in [1.54, 1.807) is 18.9 Å². The SMILES string of the molecule is COc1cccc(CC2CNCC[C@@H]2C(C)=O)c1.Cc1oc(-c2ccccc2)nc1CCOc1cccc(CC2CN(c3nccc(C(F)(F)F)n3)CC[C@@H]2C(=O)O)c1. The van der Waals surface area contributed by atoms with Crippen LogP contribution in [0.4, 0.5) is 19.1 Å². The second-order valence-corrected chi connectivity index (χ2v) is 15.0. The average Bonchev–Trinajstić information content (AvgIpc) is 3.61. The van der Waals surface area contributed by atoms with Crippen LogP contribution in [0.3, 0.4) is 0 Å². The largest absolute Gasteiger partial charge is 0.497 e. The summed E-state index contributed by atoms with van der Waals surface area (Å²) in [7, 11) is 1.68. The number of methoxy groups -OCH3 is 1. The number of carbonyl (C=O) groups excluding carboxylic acids is 1. The van der Waals surface area contributed by atoms with Crippen molar-refractivity contribution in [3.63, 3.8) is 0 Å². The van der Waals surface area contributed by atoms with Gasteiger partial charge in [0.25, 0.3) is 0 Å². The molecule has 2 aliphatic heterocycles. The molecule has 7 rings (SSSR count). The molecule has 2 unspecified atom stereocenters. The average molecular weight is 814 g/mol. The van der Waals surface area contributed by atoms with Crippen molar-refractivity contribution in [1.82, 2.24) is 20.3 Å². The molecule has 2 saturated heterocycles. The highest BCUT2D eigenvalue weighted by Crippen LogP contribution is 2.33. The minimum absolute atomic E-state index is 0.0516. The predicted octanol–water partition coefficient (Wildman–Crippen LogP) is 7.90. The van der Waals surface area contributed by atoms with E-state index in [-0.39, 0.29) is 37.3 Å². The van der Waals surface area contributed by atoms with Crippen LogP contribution in [-0.4, -0.2) is 71.7 Å². The summed E-state index contributed by atoms with van der Waals surface area (Å²) in [4.78, 5) is 37.6. The maximum absolute atomic E-state index is 13.2. The van der Waals surface area contributed by atoms with E-state index in [0.717, 1.165) is 66.5 Å². The standard InChI is InChI=1S/C30H29F3N4O4.C15H21NO2/c1-19-25(35-27(41-19)21-7-3-2-4-8-21)12-15-40-23-9-5-6-20(17-23)16-22-18-37(14-11-24(22)28(38)39)29-34-13-10-26(36-29)30(31,32)33;1-11(17)15-6-7-16-10-13(15)8-12-4-3-5-14(9-12)18-2/h2-10,13,17,22,24H,11-12,14-16,18H2,1H3,(H,38,39);3-5,9,13,15-16H,6-8,10H2,1-2H3/t22?,24-;13?,15-/m01/s1. The number of carboxylic acids is 1. The van der Waals surface area contributed by atoms with Crippen LogP contribution in [0.5, 0.6) is 11.5 Å². The van der Waals surface area contributed by atoms with E-state index in [4.69, 9.17) is 13.9 Å². The van der Waals surface area contributed by atoms with Crippen LogP contribution in [0.2, 0.25) is 0 Å². The Labute approximate surface area is 342 Å². The van der Waals surface area contributed by atoms with Crippen LogP contribution in [0.1, 0.15) is 48.0 Å². The number of hydrogen-bond acceptors (Lipinski definition) is 10. The molecule has 3 aromatic carbocycles. The number of rotatable bonds is 13. The fourth-order valence-corrected chi connectivity index (χ4v) is 7.87. The molecule has 312 valence electrons. The summed E-state index contributed by atoms with van der Waals surface area (Å²) in [5.74, 6) is 1.76. The van der Waals surface area contributed by atoms with E-state index < -0.39 is 23.8 Å². The van der Waals surface area contributed by atoms with Crippen molar-refractivity contribution in [2.75, 3.05) is 44.8 Å². The van der Waals surface area contributed by atoms with Gasteiger partial charge in [0.1, 0.15) is 28.7 Å². The second-order valence-electron chi connectivity index (χ2n) is 15.0. The number of halogens is 3. The molecule has 14 heteroatoms. The first-order valence-corrected chi connectivity index (χ1v) is 19.8. The number of aryl methyl sites for hydroxylation is 1. The zero-order valence-electron chi connectivity index (χ0n) is 33.5. The first-order valence-electron chi connectivity index (χ1n) is 19.8. The summed E-state index contributed by atoms with van der Waals surface area (Å²) in [6.07, 6.45) is -0.383. The summed E-state index contributed by atoms with van der Waals surface area (Å²) in [6, 6.07) is 26.0. The van der Waals surface area contributed by atoms with Gasteiger partial charge in [0, 0.05) is 37.2 Å². The van der Waals surface area contributed by atoms with Crippen LogP contribution < -0.4 is 19.7 Å². The minimum Gasteiger partial charge on any atom is -0.497 e. The van der Waals surface area contributed by atoms with Gasteiger partial charge in [-0.3, -0.25) is 9.59 Å². The molecule has 0 radical (unpaired) electrons. The fraction of sp³-hybridized carbons (Fsp3) is 0.400. The summed E-state index contributed by atoms with van der Waals surface area (Å²) in [5, 5.41) is 13.2. The van der Waals surface area contributed by atoms with Crippen LogP contribution >= 0.6 is 0 Å². The molecule has 0 amide bonds. The molecule has 5 aromatic rings. The number of hydrogen-bond donors (Lipinski definition) is 2. The van der Waals surface area contributed by atoms with Gasteiger partial charge in [-0.25, -0.2) is 15.0 Å². The Balaban J connectivity index is 0.000000271. The van der Waals surface area contributed by atoms with Crippen molar-refractivity contribution < 1.29 is 41.8 Å². The van der Waals surface area contributed by atoms with Gasteiger partial charge in [-0.15, -0.1) is 0 Å². The third-order valence-corrected chi connectivity index (χ3v) is 10.9. The van der Waals surface area contributed by atoms with Crippen molar-refractivity contribution in [1.29, 1.82) is 0 Å². The van der Waals surface area contributed by atoms with E-state index >= 15 is 0 Å². The highest BCUT2D eigenvalue weighted by atomic mass is 19.4. The summed E-state index contributed by atoms with van der Waals surface area (Å²) in [6.45, 7) is 6.32. The molecular formula is C45H50F3N5O6. The quantitative estimate of drug-likeness (QED) is 0.120. The predicted molar refractivity (Wildman–Crippen MR) is 216 cm³/mol. The van der Waals surface area contributed by atoms with Crippen LogP contribution in [0, 0.1) is 30.6 Å². The molecule has 0 bridgehead atoms. The summed E-state index contributed by atoms with van der Waals surface area (Å²) in [5.41, 5.74) is 2.80. The summed E-state index contributed by atoms with van der Waals surface area (Å²) >= 11 is 0. The number of carbonyl (C=O) groups is 2. The van der Waals surface area contributed by atoms with E-state index in [0.29, 0.717) is 42.8 Å². The molecule has 59 heavy (non-hydrogen) atoms. The Morgan fingerprint density at radius 2 is 1.63 bits per heavy atom. The van der Waals surface area contributed by atoms with Gasteiger partial charge in [0.15, 0.2) is 0 Å². The number of carboxylic acid groups (broad SMARTS) is 1. The molecule has 0 aliphatic carbocycles. The molecular weight excluding hydrogens is 764 g/mol. The van der Waals surface area contributed by atoms with Gasteiger partial charge < -0.3 is 29.2 Å². The highest BCUT2D eigenvalue weighted by Gasteiger charge is 2.37. The van der Waals surface area contributed by atoms with E-state index in [9.17, 15) is 27.9 Å². The lowest BCUT2D eigenvalue weighted by molar-refractivity contribution is -0.144. The minimum atomic E-state index is -4.59. The van der Waals surface area contributed by atoms with Gasteiger partial charge in [0.05, 0.1) is 25.3 Å². The zero-order valence-corrected chi connectivity index (χ0v) is 33.5.